The standard InChI is InChI=1S/C29H29FN4O3/c1-2-37-28(36)22-10-12-24(13-11-22)31-27(35)21-14-16-33(17-15-21)29-32-25-8-3-4-9-26(25)34(29)19-20-6-5-7-23(30)18-20/h3-13,18,21H,2,14-17,19H2,1H3,(H,31,35). The van der Waals surface area contributed by atoms with E-state index >= 15 is 0 Å². The van der Waals surface area contributed by atoms with Crippen molar-refractivity contribution in [3.63, 3.8) is 0 Å². The van der Waals surface area contributed by atoms with Crippen molar-refractivity contribution in [3.05, 3.63) is 89.7 Å². The zero-order chi connectivity index (χ0) is 25.8. The molecular formula is C29H29FN4O3. The lowest BCUT2D eigenvalue weighted by molar-refractivity contribution is -0.120. The van der Waals surface area contributed by atoms with Gasteiger partial charge in [-0.25, -0.2) is 14.2 Å². The van der Waals surface area contributed by atoms with Crippen LogP contribution in [0.3, 0.4) is 0 Å². The number of nitrogens with one attached hydrogen (secondary N) is 1. The first-order chi connectivity index (χ1) is 18.0. The van der Waals surface area contributed by atoms with Gasteiger partial charge < -0.3 is 19.5 Å². The summed E-state index contributed by atoms with van der Waals surface area (Å²) >= 11 is 0. The van der Waals surface area contributed by atoms with E-state index < -0.39 is 0 Å². The number of nitrogens with zero attached hydrogens (tertiary/aromatic N) is 3. The second-order valence-corrected chi connectivity index (χ2v) is 9.16. The molecule has 0 saturated carbocycles. The van der Waals surface area contributed by atoms with Crippen LogP contribution in [0.5, 0.6) is 0 Å². The van der Waals surface area contributed by atoms with Gasteiger partial charge in [0.2, 0.25) is 11.9 Å². The summed E-state index contributed by atoms with van der Waals surface area (Å²) in [6.45, 7) is 3.96. The lowest BCUT2D eigenvalue weighted by Gasteiger charge is -2.32. The Labute approximate surface area is 214 Å². The van der Waals surface area contributed by atoms with E-state index in [9.17, 15) is 14.0 Å². The molecule has 2 heterocycles. The number of hydrogen-bond acceptors (Lipinski definition) is 5. The summed E-state index contributed by atoms with van der Waals surface area (Å²) in [7, 11) is 0. The van der Waals surface area contributed by atoms with E-state index in [0.717, 1.165) is 22.5 Å². The van der Waals surface area contributed by atoms with E-state index in [1.165, 1.54) is 6.07 Å². The van der Waals surface area contributed by atoms with E-state index in [0.29, 0.717) is 50.3 Å². The number of anilines is 2. The topological polar surface area (TPSA) is 76.5 Å². The first-order valence-electron chi connectivity index (χ1n) is 12.5. The molecule has 0 aliphatic carbocycles. The molecule has 1 aliphatic heterocycles. The third-order valence-electron chi connectivity index (χ3n) is 6.68. The Morgan fingerprint density at radius 1 is 1.03 bits per heavy atom. The molecule has 1 fully saturated rings. The van der Waals surface area contributed by atoms with E-state index in [1.807, 2.05) is 30.3 Å². The largest absolute Gasteiger partial charge is 0.462 e. The fourth-order valence-corrected chi connectivity index (χ4v) is 4.77. The highest BCUT2D eigenvalue weighted by Gasteiger charge is 2.28. The minimum atomic E-state index is -0.379. The van der Waals surface area contributed by atoms with Gasteiger partial charge in [0, 0.05) is 24.7 Å². The quantitative estimate of drug-likeness (QED) is 0.351. The van der Waals surface area contributed by atoms with E-state index in [2.05, 4.69) is 14.8 Å². The Hall–Kier alpha value is -4.20. The zero-order valence-corrected chi connectivity index (χ0v) is 20.7. The number of piperidine rings is 1. The molecule has 0 radical (unpaired) electrons. The molecule has 5 rings (SSSR count). The molecule has 1 saturated heterocycles. The van der Waals surface area contributed by atoms with E-state index in [4.69, 9.17) is 9.72 Å². The summed E-state index contributed by atoms with van der Waals surface area (Å²) in [5, 5.41) is 2.97. The van der Waals surface area contributed by atoms with Crippen LogP contribution in [0.15, 0.2) is 72.8 Å². The fraction of sp³-hybridized carbons (Fsp3) is 0.276. The van der Waals surface area contributed by atoms with Crippen LogP contribution in [-0.4, -0.2) is 41.1 Å². The van der Waals surface area contributed by atoms with Crippen molar-refractivity contribution in [3.8, 4) is 0 Å². The van der Waals surface area contributed by atoms with Crippen molar-refractivity contribution >= 4 is 34.5 Å². The molecule has 1 N–H and O–H groups in total. The van der Waals surface area contributed by atoms with Gasteiger partial charge in [-0.05, 0) is 73.9 Å². The highest BCUT2D eigenvalue weighted by Crippen LogP contribution is 2.28. The first kappa shape index (κ1) is 24.5. The zero-order valence-electron chi connectivity index (χ0n) is 20.7. The number of benzene rings is 3. The van der Waals surface area contributed by atoms with Crippen molar-refractivity contribution < 1.29 is 18.7 Å². The molecular weight excluding hydrogens is 471 g/mol. The van der Waals surface area contributed by atoms with Crippen LogP contribution in [0.1, 0.15) is 35.7 Å². The number of aromatic nitrogens is 2. The Morgan fingerprint density at radius 2 is 1.78 bits per heavy atom. The minimum Gasteiger partial charge on any atom is -0.462 e. The highest BCUT2D eigenvalue weighted by molar-refractivity contribution is 5.94. The number of carbonyl (C=O) groups is 2. The molecule has 0 unspecified atom stereocenters. The van der Waals surface area contributed by atoms with Gasteiger partial charge >= 0.3 is 5.97 Å². The lowest BCUT2D eigenvalue weighted by Crippen LogP contribution is -2.39. The summed E-state index contributed by atoms with van der Waals surface area (Å²) in [6.07, 6.45) is 1.38. The van der Waals surface area contributed by atoms with Gasteiger partial charge in [0.05, 0.1) is 29.7 Å². The number of halogens is 1. The average molecular weight is 501 g/mol. The number of para-hydroxylation sites is 2. The van der Waals surface area contributed by atoms with Crippen LogP contribution in [-0.2, 0) is 16.1 Å². The number of esters is 1. The van der Waals surface area contributed by atoms with Gasteiger partial charge in [0.15, 0.2) is 0 Å². The molecule has 1 aliphatic rings. The number of hydrogen-bond donors (Lipinski definition) is 1. The number of rotatable bonds is 7. The van der Waals surface area contributed by atoms with Crippen LogP contribution in [0, 0.1) is 11.7 Å². The van der Waals surface area contributed by atoms with Crippen molar-refractivity contribution in [2.75, 3.05) is 29.9 Å². The molecule has 0 bridgehead atoms. The summed E-state index contributed by atoms with van der Waals surface area (Å²) in [5.74, 6) is 0.0414. The molecule has 4 aromatic rings. The average Bonchev–Trinajstić information content (AvgIpc) is 3.27. The third-order valence-corrected chi connectivity index (χ3v) is 6.68. The van der Waals surface area contributed by atoms with Gasteiger partial charge in [-0.1, -0.05) is 24.3 Å². The van der Waals surface area contributed by atoms with Crippen LogP contribution in [0.25, 0.3) is 11.0 Å². The second kappa shape index (κ2) is 10.8. The molecule has 1 amide bonds. The molecule has 8 heteroatoms. The number of ether oxygens (including phenoxy) is 1. The van der Waals surface area contributed by atoms with Crippen molar-refractivity contribution in [1.29, 1.82) is 0 Å². The molecule has 0 spiro atoms. The van der Waals surface area contributed by atoms with Crippen molar-refractivity contribution in [2.45, 2.75) is 26.3 Å². The van der Waals surface area contributed by atoms with Crippen molar-refractivity contribution in [2.24, 2.45) is 5.92 Å². The van der Waals surface area contributed by atoms with Gasteiger partial charge in [0.1, 0.15) is 5.82 Å². The molecule has 0 atom stereocenters. The van der Waals surface area contributed by atoms with E-state index in [-0.39, 0.29) is 23.6 Å². The fourth-order valence-electron chi connectivity index (χ4n) is 4.77. The summed E-state index contributed by atoms with van der Waals surface area (Å²) in [5.41, 5.74) is 3.85. The SMILES string of the molecule is CCOC(=O)c1ccc(NC(=O)C2CCN(c3nc4ccccc4n3Cc3cccc(F)c3)CC2)cc1. The normalized spacial score (nSPS) is 14.1. The monoisotopic (exact) mass is 500 g/mol. The van der Waals surface area contributed by atoms with Gasteiger partial charge in [-0.2, -0.15) is 0 Å². The van der Waals surface area contributed by atoms with Crippen LogP contribution < -0.4 is 10.2 Å². The Kier molecular flexibility index (Phi) is 7.16. The Balaban J connectivity index is 1.26. The third kappa shape index (κ3) is 5.48. The van der Waals surface area contributed by atoms with E-state index in [1.54, 1.807) is 43.3 Å². The Morgan fingerprint density at radius 3 is 2.51 bits per heavy atom. The molecule has 37 heavy (non-hydrogen) atoms. The maximum absolute atomic E-state index is 13.8. The second-order valence-electron chi connectivity index (χ2n) is 9.16. The molecule has 190 valence electrons. The first-order valence-corrected chi connectivity index (χ1v) is 12.5. The summed E-state index contributed by atoms with van der Waals surface area (Å²) in [4.78, 5) is 31.9. The maximum Gasteiger partial charge on any atom is 0.338 e. The van der Waals surface area contributed by atoms with Gasteiger partial charge in [-0.15, -0.1) is 0 Å². The highest BCUT2D eigenvalue weighted by atomic mass is 19.1. The maximum atomic E-state index is 13.8. The molecule has 7 nitrogen and oxygen atoms in total. The van der Waals surface area contributed by atoms with Crippen LogP contribution in [0.2, 0.25) is 0 Å². The number of carbonyl (C=O) groups excluding carboxylic acids is 2. The summed E-state index contributed by atoms with van der Waals surface area (Å²) < 4.78 is 21.0. The Bertz CT molecular complexity index is 1410. The number of amides is 1. The van der Waals surface area contributed by atoms with Crippen LogP contribution in [0.4, 0.5) is 16.0 Å². The van der Waals surface area contributed by atoms with Crippen molar-refractivity contribution in [1.82, 2.24) is 9.55 Å². The lowest BCUT2D eigenvalue weighted by atomic mass is 9.96. The van der Waals surface area contributed by atoms with Crippen LogP contribution >= 0.6 is 0 Å². The predicted octanol–water partition coefficient (Wildman–Crippen LogP) is 5.26. The van der Waals surface area contributed by atoms with Gasteiger partial charge in [-0.3, -0.25) is 4.79 Å². The minimum absolute atomic E-state index is 0.0307. The molecule has 1 aromatic heterocycles. The predicted molar refractivity (Wildman–Crippen MR) is 141 cm³/mol. The van der Waals surface area contributed by atoms with Gasteiger partial charge in [0.25, 0.3) is 0 Å². The number of fused-ring (bicyclic) bond motifs is 1. The summed E-state index contributed by atoms with van der Waals surface area (Å²) in [6, 6.07) is 21.3. The smallest absolute Gasteiger partial charge is 0.338 e. The number of imidazole rings is 1. The molecule has 3 aromatic carbocycles.